The van der Waals surface area contributed by atoms with Gasteiger partial charge in [-0.3, -0.25) is 9.59 Å². The van der Waals surface area contributed by atoms with E-state index >= 15 is 0 Å². The summed E-state index contributed by atoms with van der Waals surface area (Å²) in [5, 5.41) is 0. The van der Waals surface area contributed by atoms with Gasteiger partial charge in [0.25, 0.3) is 0 Å². The molecule has 56 valence electrons. The average Bonchev–Trinajstić information content (AvgIpc) is 1.84. The minimum atomic E-state index is -0.604. The molecule has 0 aromatic carbocycles. The third-order valence-corrected chi connectivity index (χ3v) is 1.67. The Bertz CT molecular complexity index is 159. The summed E-state index contributed by atoms with van der Waals surface area (Å²) in [6.07, 6.45) is 0.222. The number of ketones is 2. The highest BCUT2D eigenvalue weighted by atomic mass is 16.1. The minimum Gasteiger partial charge on any atom is -0.321 e. The van der Waals surface area contributed by atoms with Crippen molar-refractivity contribution in [2.24, 2.45) is 11.5 Å². The van der Waals surface area contributed by atoms with Gasteiger partial charge in [0.05, 0.1) is 12.1 Å². The quantitative estimate of drug-likeness (QED) is 0.434. The minimum absolute atomic E-state index is 0.105. The fraction of sp³-hybridized carbons (Fsp3) is 0.667. The first kappa shape index (κ1) is 7.37. The van der Waals surface area contributed by atoms with Gasteiger partial charge in [0, 0.05) is 12.8 Å². The summed E-state index contributed by atoms with van der Waals surface area (Å²) in [4.78, 5) is 21.6. The number of carbonyl (C=O) groups is 2. The van der Waals surface area contributed by atoms with Crippen molar-refractivity contribution in [1.29, 1.82) is 0 Å². The van der Waals surface area contributed by atoms with Gasteiger partial charge in [-0.1, -0.05) is 0 Å². The van der Waals surface area contributed by atoms with Crippen molar-refractivity contribution >= 4 is 11.6 Å². The van der Waals surface area contributed by atoms with Gasteiger partial charge in [0.1, 0.15) is 0 Å². The molecular weight excluding hydrogens is 132 g/mol. The van der Waals surface area contributed by atoms with Crippen molar-refractivity contribution in [1.82, 2.24) is 0 Å². The standard InChI is InChI=1S/C6H10N2O2/c7-3-1-5(9)4(8)2-6(3)10/h3-4H,1-2,7-8H2. The van der Waals surface area contributed by atoms with Crippen LogP contribution < -0.4 is 11.5 Å². The lowest BCUT2D eigenvalue weighted by molar-refractivity contribution is -0.131. The van der Waals surface area contributed by atoms with Crippen molar-refractivity contribution in [2.75, 3.05) is 0 Å². The van der Waals surface area contributed by atoms with Gasteiger partial charge in [0.15, 0.2) is 11.6 Å². The molecule has 0 spiro atoms. The fourth-order valence-electron chi connectivity index (χ4n) is 0.964. The average molecular weight is 142 g/mol. The highest BCUT2D eigenvalue weighted by Gasteiger charge is 2.29. The lowest BCUT2D eigenvalue weighted by Crippen LogP contribution is -2.47. The van der Waals surface area contributed by atoms with E-state index in [9.17, 15) is 9.59 Å². The monoisotopic (exact) mass is 142 g/mol. The Morgan fingerprint density at radius 2 is 1.30 bits per heavy atom. The highest BCUT2D eigenvalue weighted by molar-refractivity contribution is 5.99. The molecule has 0 saturated heterocycles. The summed E-state index contributed by atoms with van der Waals surface area (Å²) in [6.45, 7) is 0. The molecule has 4 heteroatoms. The smallest absolute Gasteiger partial charge is 0.151 e. The Hall–Kier alpha value is -0.740. The van der Waals surface area contributed by atoms with Gasteiger partial charge in [-0.15, -0.1) is 0 Å². The van der Waals surface area contributed by atoms with Gasteiger partial charge in [0.2, 0.25) is 0 Å². The molecular formula is C6H10N2O2. The first-order valence-electron chi connectivity index (χ1n) is 3.18. The molecule has 0 aliphatic heterocycles. The number of Topliss-reactive ketones (excluding diaryl/α,β-unsaturated/α-hetero) is 2. The third kappa shape index (κ3) is 1.22. The molecule has 1 rings (SSSR count). The van der Waals surface area contributed by atoms with Crippen LogP contribution in [0.3, 0.4) is 0 Å². The van der Waals surface area contributed by atoms with Gasteiger partial charge in [-0.2, -0.15) is 0 Å². The molecule has 2 unspecified atom stereocenters. The van der Waals surface area contributed by atoms with Gasteiger partial charge in [-0.05, 0) is 0 Å². The maximum atomic E-state index is 10.8. The lowest BCUT2D eigenvalue weighted by atomic mass is 9.90. The first-order chi connectivity index (χ1) is 4.61. The third-order valence-electron chi connectivity index (χ3n) is 1.67. The van der Waals surface area contributed by atoms with Crippen LogP contribution in [0.25, 0.3) is 0 Å². The zero-order valence-corrected chi connectivity index (χ0v) is 5.54. The van der Waals surface area contributed by atoms with Crippen molar-refractivity contribution in [3.63, 3.8) is 0 Å². The van der Waals surface area contributed by atoms with E-state index in [-0.39, 0.29) is 24.4 Å². The first-order valence-corrected chi connectivity index (χ1v) is 3.18. The topological polar surface area (TPSA) is 86.2 Å². The summed E-state index contributed by atoms with van der Waals surface area (Å²) in [6, 6.07) is -1.21. The second kappa shape index (κ2) is 2.48. The molecule has 4 nitrogen and oxygen atoms in total. The van der Waals surface area contributed by atoms with Crippen LogP contribution in [0.4, 0.5) is 0 Å². The number of hydrogen-bond donors (Lipinski definition) is 2. The molecule has 1 saturated carbocycles. The summed E-state index contributed by atoms with van der Waals surface area (Å²) in [7, 11) is 0. The predicted molar refractivity (Wildman–Crippen MR) is 35.2 cm³/mol. The number of carbonyl (C=O) groups excluding carboxylic acids is 2. The van der Waals surface area contributed by atoms with Crippen LogP contribution >= 0.6 is 0 Å². The molecule has 1 aliphatic carbocycles. The predicted octanol–water partition coefficient (Wildman–Crippen LogP) is -1.43. The molecule has 0 bridgehead atoms. The maximum absolute atomic E-state index is 10.8. The molecule has 4 N–H and O–H groups in total. The lowest BCUT2D eigenvalue weighted by Gasteiger charge is -2.19. The number of nitrogens with two attached hydrogens (primary N) is 2. The van der Waals surface area contributed by atoms with E-state index in [1.54, 1.807) is 0 Å². The normalized spacial score (nSPS) is 34.6. The molecule has 2 atom stereocenters. The maximum Gasteiger partial charge on any atom is 0.151 e. The van der Waals surface area contributed by atoms with Crippen LogP contribution in [0.2, 0.25) is 0 Å². The molecule has 0 aromatic rings. The van der Waals surface area contributed by atoms with E-state index in [1.807, 2.05) is 0 Å². The van der Waals surface area contributed by atoms with Crippen LogP contribution in [0.1, 0.15) is 12.8 Å². The van der Waals surface area contributed by atoms with E-state index in [4.69, 9.17) is 11.5 Å². The molecule has 10 heavy (non-hydrogen) atoms. The molecule has 0 radical (unpaired) electrons. The molecule has 0 heterocycles. The number of rotatable bonds is 0. The van der Waals surface area contributed by atoms with Crippen molar-refractivity contribution in [2.45, 2.75) is 24.9 Å². The molecule has 1 fully saturated rings. The van der Waals surface area contributed by atoms with E-state index in [2.05, 4.69) is 0 Å². The van der Waals surface area contributed by atoms with Crippen molar-refractivity contribution < 1.29 is 9.59 Å². The van der Waals surface area contributed by atoms with E-state index < -0.39 is 12.1 Å². The van der Waals surface area contributed by atoms with Crippen molar-refractivity contribution in [3.05, 3.63) is 0 Å². The van der Waals surface area contributed by atoms with Crippen LogP contribution in [-0.2, 0) is 9.59 Å². The van der Waals surface area contributed by atoms with Gasteiger partial charge in [-0.25, -0.2) is 0 Å². The molecule has 0 aromatic heterocycles. The largest absolute Gasteiger partial charge is 0.321 e. The summed E-state index contributed by atoms with van der Waals surface area (Å²) in [5.74, 6) is -0.209. The Balaban J connectivity index is 2.63. The second-order valence-electron chi connectivity index (χ2n) is 2.55. The van der Waals surface area contributed by atoms with Crippen molar-refractivity contribution in [3.8, 4) is 0 Å². The fourth-order valence-corrected chi connectivity index (χ4v) is 0.964. The second-order valence-corrected chi connectivity index (χ2v) is 2.55. The van der Waals surface area contributed by atoms with Crippen LogP contribution in [0.5, 0.6) is 0 Å². The van der Waals surface area contributed by atoms with Crippen LogP contribution in [0.15, 0.2) is 0 Å². The van der Waals surface area contributed by atoms with E-state index in [1.165, 1.54) is 0 Å². The summed E-state index contributed by atoms with van der Waals surface area (Å²) < 4.78 is 0. The zero-order valence-electron chi connectivity index (χ0n) is 5.54. The van der Waals surface area contributed by atoms with E-state index in [0.717, 1.165) is 0 Å². The Morgan fingerprint density at radius 3 is 1.60 bits per heavy atom. The van der Waals surface area contributed by atoms with Crippen LogP contribution in [0, 0.1) is 0 Å². The molecule has 0 amide bonds. The summed E-state index contributed by atoms with van der Waals surface area (Å²) >= 11 is 0. The SMILES string of the molecule is NC1CC(=O)C(N)CC1=O. The Labute approximate surface area is 58.6 Å². The summed E-state index contributed by atoms with van der Waals surface area (Å²) in [5.41, 5.74) is 10.6. The van der Waals surface area contributed by atoms with Crippen LogP contribution in [-0.4, -0.2) is 23.7 Å². The van der Waals surface area contributed by atoms with Gasteiger partial charge >= 0.3 is 0 Å². The Morgan fingerprint density at radius 1 is 1.00 bits per heavy atom. The van der Waals surface area contributed by atoms with Gasteiger partial charge < -0.3 is 11.5 Å². The Kier molecular flexibility index (Phi) is 1.82. The zero-order chi connectivity index (χ0) is 7.72. The van der Waals surface area contributed by atoms with E-state index in [0.29, 0.717) is 0 Å². The number of hydrogen-bond acceptors (Lipinski definition) is 4. The highest BCUT2D eigenvalue weighted by Crippen LogP contribution is 2.08. The molecule has 1 aliphatic rings.